The topological polar surface area (TPSA) is 86.7 Å². The zero-order valence-electron chi connectivity index (χ0n) is 12.7. The lowest BCUT2D eigenvalue weighted by molar-refractivity contribution is -0.272. The Hall–Kier alpha value is -0.880. The highest BCUT2D eigenvalue weighted by molar-refractivity contribution is 7.87. The summed E-state index contributed by atoms with van der Waals surface area (Å²) >= 11 is 0. The summed E-state index contributed by atoms with van der Waals surface area (Å²) in [5, 5.41) is 0. The number of hydrogen-bond acceptors (Lipinski definition) is 6. The predicted molar refractivity (Wildman–Crippen MR) is 66.1 cm³/mol. The van der Waals surface area contributed by atoms with E-state index in [1.807, 2.05) is 0 Å². The monoisotopic (exact) mass is 468 g/mol. The third-order valence-corrected chi connectivity index (χ3v) is 4.89. The van der Waals surface area contributed by atoms with Gasteiger partial charge in [-0.25, -0.2) is 0 Å². The highest BCUT2D eigenvalue weighted by Crippen LogP contribution is 2.37. The van der Waals surface area contributed by atoms with E-state index in [0.29, 0.717) is 6.92 Å². The lowest BCUT2D eigenvalue weighted by atomic mass is 10.4. The van der Waals surface area contributed by atoms with Gasteiger partial charge in [0.25, 0.3) is 20.2 Å². The Balaban J connectivity index is 4.91. The summed E-state index contributed by atoms with van der Waals surface area (Å²) in [6.45, 7) is -1.01. The zero-order chi connectivity index (χ0) is 22.1. The molecule has 0 spiro atoms. The Morgan fingerprint density at radius 2 is 1.04 bits per heavy atom. The molecule has 0 aliphatic heterocycles. The van der Waals surface area contributed by atoms with Crippen LogP contribution in [0.5, 0.6) is 0 Å². The summed E-state index contributed by atoms with van der Waals surface area (Å²) in [7, 11) is -11.2. The largest absolute Gasteiger partial charge is 0.454 e. The standard InChI is InChI=1S/C9H10F10O6S2/c1-5(25-27(22,23)4-7(12,13)9(17,18)19)2-24-26(20,21)3-6(10,11)8(14,15)16/h5H,2-4H2,1H3. The number of halogens is 10. The maximum Gasteiger partial charge on any atom is 0.454 e. The summed E-state index contributed by atoms with van der Waals surface area (Å²) in [5.74, 6) is -17.2. The van der Waals surface area contributed by atoms with Crippen LogP contribution in [0.1, 0.15) is 6.92 Å². The second-order valence-corrected chi connectivity index (χ2v) is 8.24. The first-order valence-corrected chi connectivity index (χ1v) is 9.34. The Bertz CT molecular complexity index is 708. The van der Waals surface area contributed by atoms with Crippen LogP contribution in [-0.4, -0.2) is 65.2 Å². The highest BCUT2D eigenvalue weighted by Gasteiger charge is 2.61. The molecule has 0 saturated heterocycles. The van der Waals surface area contributed by atoms with Crippen LogP contribution in [0.3, 0.4) is 0 Å². The van der Waals surface area contributed by atoms with E-state index >= 15 is 0 Å². The average molecular weight is 468 g/mol. The van der Waals surface area contributed by atoms with Crippen LogP contribution in [0, 0.1) is 0 Å². The van der Waals surface area contributed by atoms with Gasteiger partial charge >= 0.3 is 24.2 Å². The van der Waals surface area contributed by atoms with Crippen molar-refractivity contribution in [3.05, 3.63) is 0 Å². The van der Waals surface area contributed by atoms with Crippen LogP contribution in [0.15, 0.2) is 0 Å². The van der Waals surface area contributed by atoms with Crippen LogP contribution in [0.2, 0.25) is 0 Å². The van der Waals surface area contributed by atoms with Gasteiger partial charge in [0.1, 0.15) is 11.5 Å². The highest BCUT2D eigenvalue weighted by atomic mass is 32.2. The van der Waals surface area contributed by atoms with E-state index in [4.69, 9.17) is 0 Å². The van der Waals surface area contributed by atoms with Crippen molar-refractivity contribution >= 4 is 20.2 Å². The maximum absolute atomic E-state index is 12.6. The van der Waals surface area contributed by atoms with Gasteiger partial charge < -0.3 is 0 Å². The van der Waals surface area contributed by atoms with Crippen molar-refractivity contribution in [2.45, 2.75) is 37.2 Å². The van der Waals surface area contributed by atoms with E-state index in [1.54, 1.807) is 0 Å². The molecule has 1 atom stereocenters. The van der Waals surface area contributed by atoms with Crippen molar-refractivity contribution < 1.29 is 69.1 Å². The molecule has 0 aromatic rings. The molecular weight excluding hydrogens is 458 g/mol. The van der Waals surface area contributed by atoms with Crippen molar-refractivity contribution in [3.63, 3.8) is 0 Å². The fourth-order valence-electron chi connectivity index (χ4n) is 1.16. The van der Waals surface area contributed by atoms with Gasteiger partial charge in [-0.2, -0.15) is 60.7 Å². The summed E-state index contributed by atoms with van der Waals surface area (Å²) in [6.07, 6.45) is -14.6. The lowest BCUT2D eigenvalue weighted by Gasteiger charge is -2.21. The normalized spacial score (nSPS) is 16.4. The molecule has 0 heterocycles. The van der Waals surface area contributed by atoms with Gasteiger partial charge in [-0.3, -0.25) is 8.37 Å². The molecule has 1 unspecified atom stereocenters. The molecule has 0 aliphatic rings. The SMILES string of the molecule is CC(COS(=O)(=O)CC(F)(F)C(F)(F)F)OS(=O)(=O)CC(F)(F)C(F)(F)F. The molecule has 0 aliphatic carbocycles. The van der Waals surface area contributed by atoms with Crippen molar-refractivity contribution in [3.8, 4) is 0 Å². The van der Waals surface area contributed by atoms with E-state index in [2.05, 4.69) is 8.37 Å². The van der Waals surface area contributed by atoms with Gasteiger partial charge in [0, 0.05) is 0 Å². The quantitative estimate of drug-likeness (QED) is 0.382. The van der Waals surface area contributed by atoms with E-state index in [9.17, 15) is 60.7 Å². The summed E-state index contributed by atoms with van der Waals surface area (Å²) in [6, 6.07) is 0. The van der Waals surface area contributed by atoms with Crippen LogP contribution in [0.25, 0.3) is 0 Å². The van der Waals surface area contributed by atoms with Crippen LogP contribution >= 0.6 is 0 Å². The maximum atomic E-state index is 12.6. The van der Waals surface area contributed by atoms with Gasteiger partial charge in [0.15, 0.2) is 0 Å². The number of hydrogen-bond donors (Lipinski definition) is 0. The Morgan fingerprint density at radius 1 is 0.704 bits per heavy atom. The van der Waals surface area contributed by atoms with Gasteiger partial charge in [-0.15, -0.1) is 0 Å². The second-order valence-electron chi connectivity index (χ2n) is 5.00. The first kappa shape index (κ1) is 26.1. The molecule has 0 aromatic carbocycles. The number of rotatable bonds is 9. The van der Waals surface area contributed by atoms with Crippen LogP contribution in [-0.2, 0) is 28.6 Å². The molecule has 0 bridgehead atoms. The molecule has 0 saturated carbocycles. The fourth-order valence-corrected chi connectivity index (χ4v) is 3.48. The molecule has 0 N–H and O–H groups in total. The van der Waals surface area contributed by atoms with Crippen molar-refractivity contribution in [2.24, 2.45) is 0 Å². The minimum absolute atomic E-state index is 0.556. The van der Waals surface area contributed by atoms with Crippen molar-refractivity contribution in [1.29, 1.82) is 0 Å². The lowest BCUT2D eigenvalue weighted by Crippen LogP contribution is -2.44. The minimum Gasteiger partial charge on any atom is -0.267 e. The molecule has 18 heteroatoms. The minimum atomic E-state index is -6.25. The van der Waals surface area contributed by atoms with Gasteiger partial charge in [0.2, 0.25) is 0 Å². The molecule has 164 valence electrons. The van der Waals surface area contributed by atoms with E-state index < -0.39 is 68.7 Å². The van der Waals surface area contributed by atoms with Gasteiger partial charge in [-0.05, 0) is 6.92 Å². The van der Waals surface area contributed by atoms with Gasteiger partial charge in [-0.1, -0.05) is 0 Å². The molecule has 0 radical (unpaired) electrons. The fraction of sp³-hybridized carbons (Fsp3) is 1.00. The predicted octanol–water partition coefficient (Wildman–Crippen LogP) is 2.46. The van der Waals surface area contributed by atoms with Crippen molar-refractivity contribution in [1.82, 2.24) is 0 Å². The van der Waals surface area contributed by atoms with Gasteiger partial charge in [0.05, 0.1) is 12.7 Å². The zero-order valence-corrected chi connectivity index (χ0v) is 14.4. The molecule has 27 heavy (non-hydrogen) atoms. The average Bonchev–Trinajstić information content (AvgIpc) is 2.30. The summed E-state index contributed by atoms with van der Waals surface area (Å²) < 4.78 is 174. The number of alkyl halides is 10. The first-order chi connectivity index (χ1) is 11.5. The third kappa shape index (κ3) is 8.34. The second kappa shape index (κ2) is 7.86. The van der Waals surface area contributed by atoms with E-state index in [1.165, 1.54) is 0 Å². The Labute approximate surface area is 145 Å². The summed E-state index contributed by atoms with van der Waals surface area (Å²) in [4.78, 5) is 0. The smallest absolute Gasteiger partial charge is 0.267 e. The molecule has 0 amide bonds. The van der Waals surface area contributed by atoms with Crippen LogP contribution < -0.4 is 0 Å². The molecular formula is C9H10F10O6S2. The van der Waals surface area contributed by atoms with Crippen molar-refractivity contribution in [2.75, 3.05) is 18.1 Å². The molecule has 0 rings (SSSR count). The molecule has 0 aromatic heterocycles. The third-order valence-electron chi connectivity index (χ3n) is 2.34. The Morgan fingerprint density at radius 3 is 1.37 bits per heavy atom. The molecule has 0 fully saturated rings. The van der Waals surface area contributed by atoms with Crippen LogP contribution in [0.4, 0.5) is 43.9 Å². The molecule has 6 nitrogen and oxygen atoms in total. The van der Waals surface area contributed by atoms with E-state index in [0.717, 1.165) is 0 Å². The summed E-state index contributed by atoms with van der Waals surface area (Å²) in [5.41, 5.74) is 0. The van der Waals surface area contributed by atoms with E-state index in [-0.39, 0.29) is 0 Å². The first-order valence-electron chi connectivity index (χ1n) is 6.18. The Kier molecular flexibility index (Phi) is 7.60.